The van der Waals surface area contributed by atoms with Crippen LogP contribution in [-0.2, 0) is 23.7 Å². The Kier molecular flexibility index (Phi) is 11.8. The van der Waals surface area contributed by atoms with Crippen molar-refractivity contribution in [2.45, 2.75) is 132 Å². The second kappa shape index (κ2) is 13.9. The van der Waals surface area contributed by atoms with Crippen molar-refractivity contribution >= 4 is 0 Å². The van der Waals surface area contributed by atoms with Crippen molar-refractivity contribution in [3.63, 3.8) is 0 Å². The first-order valence-corrected chi connectivity index (χ1v) is 16.1. The SMILES string of the molecule is C=CCOc1c(CC(C)(C)C)cc(C(C)(C)CC)cc1C(C)c1cc(C(C)(C)CC)cc(CC(C)(C)C)c1OCC=C. The van der Waals surface area contributed by atoms with E-state index in [9.17, 15) is 0 Å². The fraction of sp³-hybridized carbons (Fsp3) is 0.600. The van der Waals surface area contributed by atoms with E-state index >= 15 is 0 Å². The molecule has 0 spiro atoms. The molecule has 0 aromatic heterocycles. The molecular formula is C40H62O2. The zero-order chi connectivity index (χ0) is 32.1. The van der Waals surface area contributed by atoms with Crippen LogP contribution in [-0.4, -0.2) is 13.2 Å². The summed E-state index contributed by atoms with van der Waals surface area (Å²) in [5.74, 6) is 2.06. The summed E-state index contributed by atoms with van der Waals surface area (Å²) >= 11 is 0. The molecule has 0 heterocycles. The van der Waals surface area contributed by atoms with E-state index in [4.69, 9.17) is 9.47 Å². The highest BCUT2D eigenvalue weighted by molar-refractivity contribution is 5.56. The molecule has 42 heavy (non-hydrogen) atoms. The molecule has 0 aliphatic rings. The molecule has 2 aromatic carbocycles. The van der Waals surface area contributed by atoms with Gasteiger partial charge in [-0.1, -0.05) is 140 Å². The number of hydrogen-bond acceptors (Lipinski definition) is 2. The van der Waals surface area contributed by atoms with E-state index in [1.807, 2.05) is 12.2 Å². The Labute approximate surface area is 260 Å². The summed E-state index contributed by atoms with van der Waals surface area (Å²) in [6.07, 6.45) is 7.70. The standard InChI is InChI=1S/C40H62O2/c1-16-20-41-35-29(26-37(6,7)8)22-31(39(12,13)18-3)24-33(35)28(5)34-25-32(40(14,15)19-4)23-30(27-38(9,10)11)36(34)42-21-17-2/h16-17,22-25,28H,1-2,18-21,26-27H2,3-15H3. The first-order valence-electron chi connectivity index (χ1n) is 16.1. The van der Waals surface area contributed by atoms with Crippen LogP contribution in [0.5, 0.6) is 11.5 Å². The van der Waals surface area contributed by atoms with E-state index in [1.54, 1.807) is 0 Å². The molecule has 0 saturated heterocycles. The van der Waals surface area contributed by atoms with Crippen LogP contribution in [0.15, 0.2) is 49.6 Å². The first-order chi connectivity index (χ1) is 19.3. The van der Waals surface area contributed by atoms with Crippen LogP contribution in [0.2, 0.25) is 0 Å². The molecule has 0 radical (unpaired) electrons. The molecule has 0 aliphatic carbocycles. The fourth-order valence-electron chi connectivity index (χ4n) is 5.47. The minimum Gasteiger partial charge on any atom is -0.489 e. The Bertz CT molecular complexity index is 1120. The molecular weight excluding hydrogens is 512 g/mol. The van der Waals surface area contributed by atoms with Crippen LogP contribution >= 0.6 is 0 Å². The third-order valence-electron chi connectivity index (χ3n) is 8.79. The highest BCUT2D eigenvalue weighted by atomic mass is 16.5. The van der Waals surface area contributed by atoms with Crippen LogP contribution in [0.1, 0.15) is 142 Å². The van der Waals surface area contributed by atoms with Gasteiger partial charge in [-0.05, 0) is 69.6 Å². The Morgan fingerprint density at radius 2 is 0.952 bits per heavy atom. The van der Waals surface area contributed by atoms with Crippen molar-refractivity contribution < 1.29 is 9.47 Å². The van der Waals surface area contributed by atoms with Gasteiger partial charge < -0.3 is 9.47 Å². The lowest BCUT2D eigenvalue weighted by molar-refractivity contribution is 0.335. The topological polar surface area (TPSA) is 18.5 Å². The van der Waals surface area contributed by atoms with Gasteiger partial charge in [-0.15, -0.1) is 0 Å². The highest BCUT2D eigenvalue weighted by Crippen LogP contribution is 2.46. The fourth-order valence-corrected chi connectivity index (χ4v) is 5.47. The lowest BCUT2D eigenvalue weighted by Gasteiger charge is -2.32. The monoisotopic (exact) mass is 574 g/mol. The van der Waals surface area contributed by atoms with Gasteiger partial charge in [-0.2, -0.15) is 0 Å². The zero-order valence-corrected chi connectivity index (χ0v) is 29.5. The van der Waals surface area contributed by atoms with Crippen molar-refractivity contribution in [3.05, 3.63) is 83.0 Å². The van der Waals surface area contributed by atoms with Gasteiger partial charge in [0.2, 0.25) is 0 Å². The van der Waals surface area contributed by atoms with Crippen molar-refractivity contribution in [2.75, 3.05) is 13.2 Å². The number of hydrogen-bond donors (Lipinski definition) is 0. The van der Waals surface area contributed by atoms with Crippen LogP contribution < -0.4 is 9.47 Å². The van der Waals surface area contributed by atoms with Gasteiger partial charge in [0.15, 0.2) is 0 Å². The summed E-state index contributed by atoms with van der Waals surface area (Å²) in [6.45, 7) is 39.0. The summed E-state index contributed by atoms with van der Waals surface area (Å²) in [5, 5.41) is 0. The smallest absolute Gasteiger partial charge is 0.126 e. The molecule has 2 nitrogen and oxygen atoms in total. The van der Waals surface area contributed by atoms with Gasteiger partial charge in [-0.25, -0.2) is 0 Å². The van der Waals surface area contributed by atoms with Crippen molar-refractivity contribution in [1.82, 2.24) is 0 Å². The van der Waals surface area contributed by atoms with Gasteiger partial charge in [0.25, 0.3) is 0 Å². The van der Waals surface area contributed by atoms with Gasteiger partial charge in [-0.3, -0.25) is 0 Å². The van der Waals surface area contributed by atoms with E-state index in [2.05, 4.69) is 127 Å². The molecule has 2 heteroatoms. The van der Waals surface area contributed by atoms with Crippen LogP contribution in [0.4, 0.5) is 0 Å². The first kappa shape index (κ1) is 35.7. The van der Waals surface area contributed by atoms with E-state index in [0.717, 1.165) is 37.2 Å². The second-order valence-corrected chi connectivity index (χ2v) is 16.0. The molecule has 0 unspecified atom stereocenters. The average molecular weight is 575 g/mol. The second-order valence-electron chi connectivity index (χ2n) is 16.0. The zero-order valence-electron chi connectivity index (χ0n) is 29.5. The maximum absolute atomic E-state index is 6.58. The summed E-state index contributed by atoms with van der Waals surface area (Å²) in [5.41, 5.74) is 8.07. The van der Waals surface area contributed by atoms with Crippen molar-refractivity contribution in [2.24, 2.45) is 10.8 Å². The summed E-state index contributed by atoms with van der Waals surface area (Å²) in [7, 11) is 0. The van der Waals surface area contributed by atoms with Crippen LogP contribution in [0, 0.1) is 10.8 Å². The lowest BCUT2D eigenvalue weighted by Crippen LogP contribution is -2.21. The van der Waals surface area contributed by atoms with Crippen molar-refractivity contribution in [3.8, 4) is 11.5 Å². The summed E-state index contributed by atoms with van der Waals surface area (Å²) in [4.78, 5) is 0. The minimum absolute atomic E-state index is 0.0453. The molecule has 0 amide bonds. The largest absolute Gasteiger partial charge is 0.489 e. The molecule has 0 N–H and O–H groups in total. The third-order valence-corrected chi connectivity index (χ3v) is 8.79. The molecule has 0 bridgehead atoms. The van der Waals surface area contributed by atoms with E-state index in [1.165, 1.54) is 33.4 Å². The van der Waals surface area contributed by atoms with Crippen LogP contribution in [0.25, 0.3) is 0 Å². The maximum Gasteiger partial charge on any atom is 0.126 e. The summed E-state index contributed by atoms with van der Waals surface area (Å²) in [6, 6.07) is 9.63. The highest BCUT2D eigenvalue weighted by Gasteiger charge is 2.31. The normalized spacial score (nSPS) is 12.9. The summed E-state index contributed by atoms with van der Waals surface area (Å²) < 4.78 is 13.2. The lowest BCUT2D eigenvalue weighted by atomic mass is 9.75. The Hall–Kier alpha value is -2.48. The van der Waals surface area contributed by atoms with Gasteiger partial charge in [0, 0.05) is 17.0 Å². The minimum atomic E-state index is 0.0453. The number of ether oxygens (including phenoxy) is 2. The Morgan fingerprint density at radius 1 is 0.619 bits per heavy atom. The van der Waals surface area contributed by atoms with E-state index in [0.29, 0.717) is 13.2 Å². The van der Waals surface area contributed by atoms with Crippen molar-refractivity contribution in [1.29, 1.82) is 0 Å². The van der Waals surface area contributed by atoms with E-state index in [-0.39, 0.29) is 27.6 Å². The Balaban J connectivity index is 3.05. The quantitative estimate of drug-likeness (QED) is 0.209. The maximum atomic E-state index is 6.58. The van der Waals surface area contributed by atoms with Crippen LogP contribution in [0.3, 0.4) is 0 Å². The number of benzene rings is 2. The third kappa shape index (κ3) is 9.26. The predicted octanol–water partition coefficient (Wildman–Crippen LogP) is 11.5. The average Bonchev–Trinajstić information content (AvgIpc) is 2.88. The molecule has 2 rings (SSSR count). The Morgan fingerprint density at radius 3 is 1.21 bits per heavy atom. The van der Waals surface area contributed by atoms with Gasteiger partial charge in [0.1, 0.15) is 24.7 Å². The number of rotatable bonds is 14. The molecule has 0 saturated carbocycles. The van der Waals surface area contributed by atoms with Gasteiger partial charge in [0.05, 0.1) is 0 Å². The molecule has 234 valence electrons. The van der Waals surface area contributed by atoms with Gasteiger partial charge >= 0.3 is 0 Å². The molecule has 0 fully saturated rings. The predicted molar refractivity (Wildman–Crippen MR) is 185 cm³/mol. The van der Waals surface area contributed by atoms with E-state index < -0.39 is 0 Å². The molecule has 0 aliphatic heterocycles. The molecule has 0 atom stereocenters. The molecule has 2 aromatic rings.